The van der Waals surface area contributed by atoms with Crippen LogP contribution in [0, 0.1) is 17.8 Å². The van der Waals surface area contributed by atoms with E-state index in [0.29, 0.717) is 55.4 Å². The van der Waals surface area contributed by atoms with Gasteiger partial charge in [-0.05, 0) is 95.2 Å². The van der Waals surface area contributed by atoms with E-state index in [1.54, 1.807) is 25.9 Å². The van der Waals surface area contributed by atoms with E-state index in [2.05, 4.69) is 0 Å². The minimum absolute atomic E-state index is 0. The van der Waals surface area contributed by atoms with Crippen LogP contribution < -0.4 is 4.90 Å². The van der Waals surface area contributed by atoms with Crippen molar-refractivity contribution in [3.8, 4) is 5.75 Å². The second-order valence-electron chi connectivity index (χ2n) is 12.5. The van der Waals surface area contributed by atoms with Crippen LogP contribution in [0.5, 0.6) is 5.75 Å². The number of rotatable bonds is 16. The highest BCUT2D eigenvalue weighted by Gasteiger charge is 2.39. The third-order valence-electron chi connectivity index (χ3n) is 8.86. The van der Waals surface area contributed by atoms with Gasteiger partial charge in [0.1, 0.15) is 17.3 Å². The third-order valence-corrected chi connectivity index (χ3v) is 8.86. The van der Waals surface area contributed by atoms with Crippen molar-refractivity contribution >= 4 is 29.0 Å². The molecule has 0 saturated heterocycles. The number of Topliss-reactive ketones (excluding diaryl/α,β-unsaturated/α-hetero) is 3. The molecule has 0 amide bonds. The maximum atomic E-state index is 13.7. The van der Waals surface area contributed by atoms with Gasteiger partial charge in [0.15, 0.2) is 5.78 Å². The van der Waals surface area contributed by atoms with Crippen molar-refractivity contribution in [3.63, 3.8) is 0 Å². The van der Waals surface area contributed by atoms with E-state index in [0.717, 1.165) is 16.8 Å². The summed E-state index contributed by atoms with van der Waals surface area (Å²) >= 11 is 0. The highest BCUT2D eigenvalue weighted by molar-refractivity contribution is 6.03. The van der Waals surface area contributed by atoms with Crippen molar-refractivity contribution < 1.29 is 47.6 Å². The number of carbonyl (C=O) groups excluding carboxylic acids is 4. The smallest absolute Gasteiger partial charge is 0.337 e. The quantitative estimate of drug-likeness (QED) is 0.181. The Morgan fingerprint density at radius 1 is 1.09 bits per heavy atom. The van der Waals surface area contributed by atoms with Gasteiger partial charge >= 0.3 is 5.97 Å². The number of phenolic OH excluding ortho intramolecular Hbond substituents is 1. The molecule has 4 atom stereocenters. The van der Waals surface area contributed by atoms with E-state index in [4.69, 9.17) is 4.74 Å². The topological polar surface area (TPSA) is 176 Å². The van der Waals surface area contributed by atoms with Gasteiger partial charge in [-0.15, -0.1) is 0 Å². The van der Waals surface area contributed by atoms with E-state index in [1.807, 2.05) is 37.2 Å². The molecule has 2 aliphatic rings. The molecule has 0 spiro atoms. The maximum Gasteiger partial charge on any atom is 0.337 e. The number of ether oxygens (including phenoxy) is 1. The minimum atomic E-state index is -0.859. The zero-order valence-electron chi connectivity index (χ0n) is 27.4. The standard InChI is InChI=1S/C34H48N2O8.H2O.2H2/c1-7-44-34(43)24-11-9-21(13-24)8-10-23-17-28(35(3)4)26-15-22(16-31(41)32(26)33(23)42)14-25(29(19-38)36(5)6)27(18-37)30(40)12-20(2)39;;;/h11,13,17,22,25,27,29,37-38,42H,7-10,12,14-16,18-19H2,1-6H3;1H2;2*1H. The number of hydrogen-bond donors (Lipinski definition) is 3. The first-order valence-electron chi connectivity index (χ1n) is 15.4. The number of anilines is 1. The molecule has 0 heterocycles. The summed E-state index contributed by atoms with van der Waals surface area (Å²) in [5.74, 6) is -2.77. The van der Waals surface area contributed by atoms with Gasteiger partial charge in [-0.2, -0.15) is 0 Å². The van der Waals surface area contributed by atoms with E-state index in [9.17, 15) is 34.5 Å². The van der Waals surface area contributed by atoms with Crippen molar-refractivity contribution in [2.75, 3.05) is 52.9 Å². The summed E-state index contributed by atoms with van der Waals surface area (Å²) in [6.07, 6.45) is 6.12. The Labute approximate surface area is 268 Å². The van der Waals surface area contributed by atoms with Gasteiger partial charge in [-0.25, -0.2) is 4.79 Å². The number of ketones is 3. The number of aryl methyl sites for hydroxylation is 1. The van der Waals surface area contributed by atoms with Crippen LogP contribution in [0.2, 0.25) is 0 Å². The number of likely N-dealkylation sites (N-methyl/N-ethyl adjacent to an activating group) is 1. The van der Waals surface area contributed by atoms with Crippen LogP contribution in [0.3, 0.4) is 0 Å². The van der Waals surface area contributed by atoms with Crippen LogP contribution in [0.1, 0.15) is 70.3 Å². The summed E-state index contributed by atoms with van der Waals surface area (Å²) < 4.78 is 5.09. The van der Waals surface area contributed by atoms with Gasteiger partial charge in [0.05, 0.1) is 37.4 Å². The van der Waals surface area contributed by atoms with E-state index < -0.39 is 24.5 Å². The number of carbonyl (C=O) groups is 4. The monoisotopic (exact) mass is 634 g/mol. The molecule has 11 nitrogen and oxygen atoms in total. The molecule has 254 valence electrons. The zero-order valence-corrected chi connectivity index (χ0v) is 27.4. The second kappa shape index (κ2) is 16.8. The third kappa shape index (κ3) is 9.09. The van der Waals surface area contributed by atoms with Gasteiger partial charge in [0, 0.05) is 41.0 Å². The van der Waals surface area contributed by atoms with Crippen molar-refractivity contribution in [1.82, 2.24) is 4.90 Å². The van der Waals surface area contributed by atoms with E-state index in [-0.39, 0.29) is 62.8 Å². The molecule has 45 heavy (non-hydrogen) atoms. The lowest BCUT2D eigenvalue weighted by Crippen LogP contribution is -2.46. The summed E-state index contributed by atoms with van der Waals surface area (Å²) in [5.41, 5.74) is 4.13. The molecular formula is C34H54N2O9. The molecule has 0 fully saturated rings. The fourth-order valence-electron chi connectivity index (χ4n) is 6.65. The number of fused-ring (bicyclic) bond motifs is 1. The van der Waals surface area contributed by atoms with Crippen LogP contribution in [-0.4, -0.2) is 103 Å². The Morgan fingerprint density at radius 2 is 1.78 bits per heavy atom. The number of aromatic hydroxyl groups is 1. The number of phenols is 1. The van der Waals surface area contributed by atoms with Crippen molar-refractivity contribution in [3.05, 3.63) is 46.1 Å². The zero-order chi connectivity index (χ0) is 32.7. The van der Waals surface area contributed by atoms with Crippen LogP contribution >= 0.6 is 0 Å². The Balaban J connectivity index is 0.00000705. The maximum absolute atomic E-state index is 13.7. The van der Waals surface area contributed by atoms with E-state index in [1.165, 1.54) is 6.92 Å². The fourth-order valence-corrected chi connectivity index (χ4v) is 6.65. The molecule has 0 aliphatic heterocycles. The molecule has 0 saturated carbocycles. The second-order valence-corrected chi connectivity index (χ2v) is 12.5. The van der Waals surface area contributed by atoms with Crippen molar-refractivity contribution in [2.24, 2.45) is 17.8 Å². The lowest BCUT2D eigenvalue weighted by molar-refractivity contribution is -0.138. The predicted octanol–water partition coefficient (Wildman–Crippen LogP) is 2.71. The number of benzene rings is 1. The van der Waals surface area contributed by atoms with Gasteiger partial charge in [0.2, 0.25) is 0 Å². The highest BCUT2D eigenvalue weighted by Crippen LogP contribution is 2.43. The average Bonchev–Trinajstić information content (AvgIpc) is 3.42. The largest absolute Gasteiger partial charge is 0.507 e. The molecule has 5 N–H and O–H groups in total. The lowest BCUT2D eigenvalue weighted by Gasteiger charge is -2.38. The Hall–Kier alpha value is -3.38. The number of nitrogens with zero attached hydrogens (tertiary/aromatic N) is 2. The molecule has 4 unspecified atom stereocenters. The molecule has 0 bridgehead atoms. The number of esters is 1. The first-order chi connectivity index (χ1) is 20.8. The van der Waals surface area contributed by atoms with Crippen LogP contribution in [0.25, 0.3) is 0 Å². The average molecular weight is 635 g/mol. The van der Waals surface area contributed by atoms with E-state index >= 15 is 0 Å². The van der Waals surface area contributed by atoms with Crippen LogP contribution in [0.4, 0.5) is 5.69 Å². The highest BCUT2D eigenvalue weighted by atomic mass is 16.5. The molecule has 2 aliphatic carbocycles. The summed E-state index contributed by atoms with van der Waals surface area (Å²) in [6.45, 7) is 2.69. The SMILES string of the molecule is CCOC(=O)C1=CCC(CCc2cc(N(C)C)c3c(c2O)C(=O)CC(CC(C(CO)C(=O)CC(C)=O)C(CO)N(C)C)C3)=C1.O.[HH].[HH]. The Kier molecular flexibility index (Phi) is 14.1. The number of aliphatic hydroxyl groups excluding tert-OH is 2. The molecule has 1 aromatic carbocycles. The van der Waals surface area contributed by atoms with Crippen LogP contribution in [-0.2, 0) is 32.0 Å². The summed E-state index contributed by atoms with van der Waals surface area (Å²) in [5, 5.41) is 31.9. The van der Waals surface area contributed by atoms with Gasteiger partial charge in [0.25, 0.3) is 0 Å². The van der Waals surface area contributed by atoms with Gasteiger partial charge in [-0.3, -0.25) is 14.4 Å². The summed E-state index contributed by atoms with van der Waals surface area (Å²) in [7, 11) is 7.35. The first kappa shape index (κ1) is 37.8. The number of allylic oxidation sites excluding steroid dienone is 2. The summed E-state index contributed by atoms with van der Waals surface area (Å²) in [6, 6.07) is 1.45. The molecule has 1 aromatic rings. The minimum Gasteiger partial charge on any atom is -0.507 e. The Morgan fingerprint density at radius 3 is 2.33 bits per heavy atom. The lowest BCUT2D eigenvalue weighted by atomic mass is 9.71. The van der Waals surface area contributed by atoms with Crippen molar-refractivity contribution in [2.45, 2.75) is 64.8 Å². The molecule has 0 aromatic heterocycles. The van der Waals surface area contributed by atoms with Gasteiger partial charge < -0.3 is 35.3 Å². The predicted molar refractivity (Wildman–Crippen MR) is 176 cm³/mol. The molecule has 0 radical (unpaired) electrons. The number of aliphatic hydroxyl groups is 2. The normalized spacial score (nSPS) is 17.9. The van der Waals surface area contributed by atoms with Crippen molar-refractivity contribution in [1.29, 1.82) is 0 Å². The Bertz CT molecular complexity index is 1330. The molecule has 11 heteroatoms. The first-order valence-corrected chi connectivity index (χ1v) is 15.4. The van der Waals surface area contributed by atoms with Crippen LogP contribution in [0.15, 0.2) is 29.4 Å². The molecular weight excluding hydrogens is 580 g/mol. The fraction of sp³-hybridized carbons (Fsp3) is 0.588. The molecule has 3 rings (SSSR count). The number of hydrogen-bond acceptors (Lipinski definition) is 10. The summed E-state index contributed by atoms with van der Waals surface area (Å²) in [4.78, 5) is 54.2. The van der Waals surface area contributed by atoms with Gasteiger partial charge in [-0.1, -0.05) is 11.6 Å².